The summed E-state index contributed by atoms with van der Waals surface area (Å²) >= 11 is 0. The molecule has 1 aromatic heterocycles. The lowest BCUT2D eigenvalue weighted by molar-refractivity contribution is 0.426. The Hall–Kier alpha value is -1.57. The summed E-state index contributed by atoms with van der Waals surface area (Å²) in [6.45, 7) is 4.10. The molecule has 2 nitrogen and oxygen atoms in total. The Balaban J connectivity index is 2.52. The molecule has 2 aromatic rings. The lowest BCUT2D eigenvalue weighted by atomic mass is 10.1. The van der Waals surface area contributed by atoms with Crippen molar-refractivity contribution < 1.29 is 4.52 Å². The van der Waals surface area contributed by atoms with Gasteiger partial charge in [-0.1, -0.05) is 42.4 Å². The number of hydrogen-bond acceptors (Lipinski definition) is 2. The second kappa shape index (κ2) is 3.66. The number of benzene rings is 1. The van der Waals surface area contributed by atoms with Gasteiger partial charge in [0.2, 0.25) is 0 Å². The zero-order valence-corrected chi connectivity index (χ0v) is 8.45. The van der Waals surface area contributed by atoms with Gasteiger partial charge in [-0.15, -0.1) is 0 Å². The van der Waals surface area contributed by atoms with E-state index in [0.717, 1.165) is 23.4 Å². The summed E-state index contributed by atoms with van der Waals surface area (Å²) in [5.74, 6) is 0.908. The zero-order valence-electron chi connectivity index (χ0n) is 8.45. The first-order chi connectivity index (χ1) is 6.83. The van der Waals surface area contributed by atoms with Crippen LogP contribution in [0.1, 0.15) is 18.2 Å². The van der Waals surface area contributed by atoms with Gasteiger partial charge in [0.1, 0.15) is 0 Å². The van der Waals surface area contributed by atoms with E-state index in [-0.39, 0.29) is 0 Å². The molecule has 0 atom stereocenters. The molecule has 72 valence electrons. The number of nitrogens with zero attached hydrogens (tertiary/aromatic N) is 1. The molecule has 0 amide bonds. The summed E-state index contributed by atoms with van der Waals surface area (Å²) in [6, 6.07) is 10.1. The highest BCUT2D eigenvalue weighted by Crippen LogP contribution is 2.25. The molecule has 14 heavy (non-hydrogen) atoms. The van der Waals surface area contributed by atoms with E-state index in [9.17, 15) is 0 Å². The van der Waals surface area contributed by atoms with Crippen LogP contribution in [0.25, 0.3) is 11.3 Å². The minimum absolute atomic E-state index is 0.908. The van der Waals surface area contributed by atoms with Gasteiger partial charge in [-0.25, -0.2) is 0 Å². The average Bonchev–Trinajstić information content (AvgIpc) is 2.61. The van der Waals surface area contributed by atoms with Crippen LogP contribution < -0.4 is 0 Å². The van der Waals surface area contributed by atoms with Crippen molar-refractivity contribution in [2.24, 2.45) is 0 Å². The van der Waals surface area contributed by atoms with E-state index in [0.29, 0.717) is 0 Å². The molecule has 0 unspecified atom stereocenters. The van der Waals surface area contributed by atoms with E-state index < -0.39 is 0 Å². The van der Waals surface area contributed by atoms with Crippen LogP contribution in [0.4, 0.5) is 0 Å². The van der Waals surface area contributed by atoms with Crippen molar-refractivity contribution >= 4 is 0 Å². The van der Waals surface area contributed by atoms with E-state index >= 15 is 0 Å². The van der Waals surface area contributed by atoms with Gasteiger partial charge in [0, 0.05) is 11.1 Å². The molecule has 0 N–H and O–H groups in total. The Bertz CT molecular complexity index is 417. The fourth-order valence-corrected chi connectivity index (χ4v) is 1.62. The highest BCUT2D eigenvalue weighted by atomic mass is 16.5. The molecule has 0 fully saturated rings. The summed E-state index contributed by atoms with van der Waals surface area (Å²) < 4.78 is 5.32. The molecule has 0 saturated heterocycles. The molecular weight excluding hydrogens is 174 g/mol. The van der Waals surface area contributed by atoms with Gasteiger partial charge in [0.25, 0.3) is 0 Å². The van der Waals surface area contributed by atoms with E-state index in [2.05, 4.69) is 12.1 Å². The monoisotopic (exact) mass is 187 g/mol. The summed E-state index contributed by atoms with van der Waals surface area (Å²) in [4.78, 5) is 0. The Labute approximate surface area is 83.5 Å². The topological polar surface area (TPSA) is 26.0 Å². The fourth-order valence-electron chi connectivity index (χ4n) is 1.62. The van der Waals surface area contributed by atoms with Crippen molar-refractivity contribution in [3.05, 3.63) is 41.6 Å². The van der Waals surface area contributed by atoms with Crippen LogP contribution in [0, 0.1) is 6.92 Å². The van der Waals surface area contributed by atoms with Crippen molar-refractivity contribution in [3.8, 4) is 11.3 Å². The summed E-state index contributed by atoms with van der Waals surface area (Å²) in [6.07, 6.45) is 0.958. The van der Waals surface area contributed by atoms with Crippen LogP contribution in [0.2, 0.25) is 0 Å². The lowest BCUT2D eigenvalue weighted by Crippen LogP contribution is -1.84. The summed E-state index contributed by atoms with van der Waals surface area (Å²) in [5, 5.41) is 3.99. The first kappa shape index (κ1) is 9.00. The zero-order chi connectivity index (χ0) is 9.97. The Morgan fingerprint density at radius 1 is 1.21 bits per heavy atom. The highest BCUT2D eigenvalue weighted by Gasteiger charge is 2.11. The quantitative estimate of drug-likeness (QED) is 0.721. The predicted molar refractivity (Wildman–Crippen MR) is 56.1 cm³/mol. The molecule has 0 spiro atoms. The SMILES string of the molecule is CCc1c(C)noc1-c1ccccc1. The van der Waals surface area contributed by atoms with Crippen molar-refractivity contribution in [2.75, 3.05) is 0 Å². The molecule has 1 aromatic carbocycles. The number of rotatable bonds is 2. The van der Waals surface area contributed by atoms with Crippen molar-refractivity contribution in [1.29, 1.82) is 0 Å². The molecule has 0 aliphatic heterocycles. The van der Waals surface area contributed by atoms with Gasteiger partial charge in [0.15, 0.2) is 5.76 Å². The fraction of sp³-hybridized carbons (Fsp3) is 0.250. The average molecular weight is 187 g/mol. The Kier molecular flexibility index (Phi) is 2.35. The molecule has 0 bridgehead atoms. The molecule has 2 heteroatoms. The standard InChI is InChI=1S/C12H13NO/c1-3-11-9(2)13-14-12(11)10-7-5-4-6-8-10/h4-8H,3H2,1-2H3. The molecule has 0 radical (unpaired) electrons. The van der Waals surface area contributed by atoms with Crippen LogP contribution in [-0.2, 0) is 6.42 Å². The van der Waals surface area contributed by atoms with Gasteiger partial charge in [0.05, 0.1) is 5.69 Å². The van der Waals surface area contributed by atoms with Crippen LogP contribution >= 0.6 is 0 Å². The molecule has 0 aliphatic carbocycles. The van der Waals surface area contributed by atoms with Gasteiger partial charge in [-0.3, -0.25) is 0 Å². The van der Waals surface area contributed by atoms with Gasteiger partial charge in [-0.2, -0.15) is 0 Å². The van der Waals surface area contributed by atoms with Gasteiger partial charge < -0.3 is 4.52 Å². The third-order valence-corrected chi connectivity index (χ3v) is 2.37. The van der Waals surface area contributed by atoms with Crippen molar-refractivity contribution in [3.63, 3.8) is 0 Å². The summed E-state index contributed by atoms with van der Waals surface area (Å²) in [5.41, 5.74) is 3.30. The molecular formula is C12H13NO. The van der Waals surface area contributed by atoms with E-state index in [4.69, 9.17) is 4.52 Å². The van der Waals surface area contributed by atoms with Crippen molar-refractivity contribution in [2.45, 2.75) is 20.3 Å². The number of aryl methyl sites for hydroxylation is 1. The van der Waals surface area contributed by atoms with Crippen LogP contribution in [0.3, 0.4) is 0 Å². The van der Waals surface area contributed by atoms with E-state index in [1.54, 1.807) is 0 Å². The first-order valence-corrected chi connectivity index (χ1v) is 4.83. The third-order valence-electron chi connectivity index (χ3n) is 2.37. The molecule has 0 aliphatic rings. The number of hydrogen-bond donors (Lipinski definition) is 0. The highest BCUT2D eigenvalue weighted by molar-refractivity contribution is 5.61. The first-order valence-electron chi connectivity index (χ1n) is 4.83. The van der Waals surface area contributed by atoms with Gasteiger partial charge in [-0.05, 0) is 13.3 Å². The lowest BCUT2D eigenvalue weighted by Gasteiger charge is -1.98. The maximum absolute atomic E-state index is 5.32. The molecule has 1 heterocycles. The smallest absolute Gasteiger partial charge is 0.170 e. The Morgan fingerprint density at radius 2 is 1.93 bits per heavy atom. The minimum Gasteiger partial charge on any atom is -0.356 e. The second-order valence-electron chi connectivity index (χ2n) is 3.30. The largest absolute Gasteiger partial charge is 0.356 e. The van der Waals surface area contributed by atoms with Crippen LogP contribution in [0.15, 0.2) is 34.9 Å². The normalized spacial score (nSPS) is 10.4. The summed E-state index contributed by atoms with van der Waals surface area (Å²) in [7, 11) is 0. The molecule has 2 rings (SSSR count). The maximum Gasteiger partial charge on any atom is 0.170 e. The van der Waals surface area contributed by atoms with E-state index in [1.165, 1.54) is 5.56 Å². The van der Waals surface area contributed by atoms with Gasteiger partial charge >= 0.3 is 0 Å². The predicted octanol–water partition coefficient (Wildman–Crippen LogP) is 3.21. The molecule has 0 saturated carbocycles. The second-order valence-corrected chi connectivity index (χ2v) is 3.30. The number of aromatic nitrogens is 1. The maximum atomic E-state index is 5.32. The minimum atomic E-state index is 0.908. The van der Waals surface area contributed by atoms with Crippen LogP contribution in [0.5, 0.6) is 0 Å². The Morgan fingerprint density at radius 3 is 2.57 bits per heavy atom. The van der Waals surface area contributed by atoms with Crippen LogP contribution in [-0.4, -0.2) is 5.16 Å². The van der Waals surface area contributed by atoms with E-state index in [1.807, 2.05) is 37.3 Å². The van der Waals surface area contributed by atoms with Crippen molar-refractivity contribution in [1.82, 2.24) is 5.16 Å². The third kappa shape index (κ3) is 1.43.